The highest BCUT2D eigenvalue weighted by molar-refractivity contribution is 5.09. The van der Waals surface area contributed by atoms with E-state index in [1.807, 2.05) is 0 Å². The van der Waals surface area contributed by atoms with Gasteiger partial charge >= 0.3 is 6.18 Å². The summed E-state index contributed by atoms with van der Waals surface area (Å²) in [7, 11) is 0. The molecule has 3 heteroatoms. The maximum atomic E-state index is 13.4. The van der Waals surface area contributed by atoms with Crippen molar-refractivity contribution < 1.29 is 13.2 Å². The van der Waals surface area contributed by atoms with Crippen molar-refractivity contribution in [1.29, 1.82) is 0 Å². The molecule has 0 amide bonds. The molecule has 4 aliphatic rings. The fraction of sp³-hybridized carbons (Fsp3) is 0.920. The van der Waals surface area contributed by atoms with Gasteiger partial charge in [-0.15, -0.1) is 0 Å². The fourth-order valence-electron chi connectivity index (χ4n) is 8.60. The predicted molar refractivity (Wildman–Crippen MR) is 109 cm³/mol. The van der Waals surface area contributed by atoms with Crippen LogP contribution in [-0.4, -0.2) is 6.18 Å². The molecule has 0 spiro atoms. The monoisotopic (exact) mass is 396 g/mol. The zero-order valence-electron chi connectivity index (χ0n) is 18.0. The van der Waals surface area contributed by atoms with Crippen molar-refractivity contribution in [1.82, 2.24) is 0 Å². The Bertz CT molecular complexity index is 593. The van der Waals surface area contributed by atoms with E-state index in [1.54, 1.807) is 0 Å². The van der Waals surface area contributed by atoms with E-state index in [2.05, 4.69) is 32.9 Å². The highest BCUT2D eigenvalue weighted by Gasteiger charge is 2.61. The summed E-state index contributed by atoms with van der Waals surface area (Å²) in [6.45, 7) is 7.05. The molecule has 0 heterocycles. The zero-order valence-corrected chi connectivity index (χ0v) is 18.0. The zero-order chi connectivity index (χ0) is 20.2. The number of alkyl halides is 3. The maximum Gasteiger partial charge on any atom is 0.391 e. The largest absolute Gasteiger partial charge is 0.391 e. The molecule has 160 valence electrons. The molecule has 0 saturated heterocycles. The average Bonchev–Trinajstić information content (AvgIpc) is 2.97. The number of allylic oxidation sites excluding steroid dienone is 2. The van der Waals surface area contributed by atoms with Crippen molar-refractivity contribution in [2.45, 2.75) is 97.6 Å². The van der Waals surface area contributed by atoms with Gasteiger partial charge in [0.25, 0.3) is 0 Å². The molecule has 0 aromatic carbocycles. The summed E-state index contributed by atoms with van der Waals surface area (Å²) in [5.74, 6) is 2.37. The van der Waals surface area contributed by atoms with Crippen molar-refractivity contribution in [2.75, 3.05) is 0 Å². The Morgan fingerprint density at radius 2 is 1.61 bits per heavy atom. The van der Waals surface area contributed by atoms with Crippen molar-refractivity contribution >= 4 is 0 Å². The molecule has 4 saturated carbocycles. The molecule has 0 nitrogen and oxygen atoms in total. The molecule has 0 radical (unpaired) electrons. The molecular formula is C25H39F3. The third-order valence-corrected chi connectivity index (χ3v) is 10.2. The van der Waals surface area contributed by atoms with Gasteiger partial charge in [-0.05, 0) is 118 Å². The lowest BCUT2D eigenvalue weighted by Gasteiger charge is -2.61. The van der Waals surface area contributed by atoms with Crippen LogP contribution in [0, 0.1) is 46.3 Å². The summed E-state index contributed by atoms with van der Waals surface area (Å²) in [5, 5.41) is 0. The van der Waals surface area contributed by atoms with Crippen LogP contribution in [0.5, 0.6) is 0 Å². The quantitative estimate of drug-likeness (QED) is 0.422. The van der Waals surface area contributed by atoms with Gasteiger partial charge in [-0.3, -0.25) is 0 Å². The van der Waals surface area contributed by atoms with E-state index in [4.69, 9.17) is 0 Å². The first-order valence-electron chi connectivity index (χ1n) is 11.9. The van der Waals surface area contributed by atoms with Gasteiger partial charge in [-0.25, -0.2) is 0 Å². The van der Waals surface area contributed by atoms with Gasteiger partial charge < -0.3 is 0 Å². The molecule has 0 N–H and O–H groups in total. The van der Waals surface area contributed by atoms with Gasteiger partial charge in [0.2, 0.25) is 0 Å². The van der Waals surface area contributed by atoms with Crippen molar-refractivity contribution in [3.63, 3.8) is 0 Å². The lowest BCUT2D eigenvalue weighted by Crippen LogP contribution is -2.54. The van der Waals surface area contributed by atoms with Crippen molar-refractivity contribution in [3.05, 3.63) is 12.2 Å². The number of fused-ring (bicyclic) bond motifs is 5. The van der Waals surface area contributed by atoms with Crippen LogP contribution in [0.1, 0.15) is 91.4 Å². The smallest absolute Gasteiger partial charge is 0.171 e. The summed E-state index contributed by atoms with van der Waals surface area (Å²) in [6, 6.07) is 0. The van der Waals surface area contributed by atoms with Crippen LogP contribution in [0.15, 0.2) is 12.2 Å². The van der Waals surface area contributed by atoms with Crippen LogP contribution >= 0.6 is 0 Å². The number of halogens is 3. The first-order valence-corrected chi connectivity index (χ1v) is 11.9. The average molecular weight is 397 g/mol. The Morgan fingerprint density at radius 3 is 2.32 bits per heavy atom. The number of rotatable bonds is 3. The molecular weight excluding hydrogens is 357 g/mol. The third kappa shape index (κ3) is 3.27. The summed E-state index contributed by atoms with van der Waals surface area (Å²) in [4.78, 5) is 0. The van der Waals surface area contributed by atoms with E-state index in [0.717, 1.165) is 30.6 Å². The molecule has 4 fully saturated rings. The fourth-order valence-corrected chi connectivity index (χ4v) is 8.60. The van der Waals surface area contributed by atoms with Gasteiger partial charge in [0.1, 0.15) is 0 Å². The first-order chi connectivity index (χ1) is 13.2. The van der Waals surface area contributed by atoms with Gasteiger partial charge in [0, 0.05) is 0 Å². The lowest BCUT2D eigenvalue weighted by molar-refractivity contribution is -0.208. The van der Waals surface area contributed by atoms with Gasteiger partial charge in [0.05, 0.1) is 5.92 Å². The van der Waals surface area contributed by atoms with E-state index in [9.17, 15) is 13.2 Å². The Balaban J connectivity index is 1.49. The SMILES string of the molecule is C/C=C/CCC1CCC2C3CCC4CC(C(F)(F)F)CCC4(C)C3CCC12C. The molecule has 8 atom stereocenters. The van der Waals surface area contributed by atoms with Crippen LogP contribution < -0.4 is 0 Å². The maximum absolute atomic E-state index is 13.4. The highest BCUT2D eigenvalue weighted by Crippen LogP contribution is 2.68. The first kappa shape index (κ1) is 20.8. The van der Waals surface area contributed by atoms with E-state index in [0.29, 0.717) is 30.1 Å². The van der Waals surface area contributed by atoms with E-state index in [1.165, 1.54) is 44.9 Å². The lowest BCUT2D eigenvalue weighted by atomic mass is 9.44. The number of hydrogen-bond donors (Lipinski definition) is 0. The molecule has 0 bridgehead atoms. The van der Waals surface area contributed by atoms with Crippen LogP contribution in [0.2, 0.25) is 0 Å². The summed E-state index contributed by atoms with van der Waals surface area (Å²) in [5.41, 5.74) is 0.643. The Hall–Kier alpha value is -0.470. The van der Waals surface area contributed by atoms with Gasteiger partial charge in [-0.1, -0.05) is 26.0 Å². The van der Waals surface area contributed by atoms with Gasteiger partial charge in [0.15, 0.2) is 0 Å². The summed E-state index contributed by atoms with van der Waals surface area (Å²) < 4.78 is 40.1. The van der Waals surface area contributed by atoms with Crippen LogP contribution in [-0.2, 0) is 0 Å². The minimum absolute atomic E-state index is 0.162. The Labute approximate surface area is 169 Å². The molecule has 0 aromatic rings. The minimum Gasteiger partial charge on any atom is -0.171 e. The predicted octanol–water partition coefficient (Wildman–Crippen LogP) is 8.18. The topological polar surface area (TPSA) is 0 Å². The second-order valence-corrected chi connectivity index (χ2v) is 11.1. The summed E-state index contributed by atoms with van der Waals surface area (Å²) >= 11 is 0. The van der Waals surface area contributed by atoms with E-state index >= 15 is 0 Å². The standard InChI is InChI=1S/C25H39F3/c1-4-5-6-7-17-9-11-21-20-10-8-18-16-19(25(26,27)28)12-14-24(18,3)22(20)13-15-23(17,21)2/h4-5,17-22H,6-16H2,1-3H3/b5-4+. The second kappa shape index (κ2) is 7.34. The van der Waals surface area contributed by atoms with Crippen molar-refractivity contribution in [3.8, 4) is 0 Å². The molecule has 0 aliphatic heterocycles. The van der Waals surface area contributed by atoms with Crippen LogP contribution in [0.25, 0.3) is 0 Å². The second-order valence-electron chi connectivity index (χ2n) is 11.1. The molecule has 4 rings (SSSR count). The Morgan fingerprint density at radius 1 is 0.893 bits per heavy atom. The van der Waals surface area contributed by atoms with Gasteiger partial charge in [-0.2, -0.15) is 13.2 Å². The molecule has 8 unspecified atom stereocenters. The van der Waals surface area contributed by atoms with Crippen LogP contribution in [0.3, 0.4) is 0 Å². The normalized spacial score (nSPS) is 48.9. The van der Waals surface area contributed by atoms with E-state index < -0.39 is 12.1 Å². The third-order valence-electron chi connectivity index (χ3n) is 10.2. The van der Waals surface area contributed by atoms with E-state index in [-0.39, 0.29) is 5.41 Å². The highest BCUT2D eigenvalue weighted by atomic mass is 19.4. The molecule has 28 heavy (non-hydrogen) atoms. The summed E-state index contributed by atoms with van der Waals surface area (Å²) in [6.07, 6.45) is 12.1. The minimum atomic E-state index is -3.99. The molecule has 0 aromatic heterocycles. The van der Waals surface area contributed by atoms with Crippen LogP contribution in [0.4, 0.5) is 13.2 Å². The molecule has 4 aliphatic carbocycles. The van der Waals surface area contributed by atoms with Crippen molar-refractivity contribution in [2.24, 2.45) is 46.3 Å². The number of hydrogen-bond acceptors (Lipinski definition) is 0. The Kier molecular flexibility index (Phi) is 5.45.